The summed E-state index contributed by atoms with van der Waals surface area (Å²) in [7, 11) is -1.57. The van der Waals surface area contributed by atoms with Gasteiger partial charge in [0.05, 0.1) is 5.69 Å². The Morgan fingerprint density at radius 1 is 1.30 bits per heavy atom. The number of hydrogen-bond acceptors (Lipinski definition) is 5. The van der Waals surface area contributed by atoms with Crippen molar-refractivity contribution in [2.75, 3.05) is 37.7 Å². The van der Waals surface area contributed by atoms with Gasteiger partial charge >= 0.3 is 0 Å². The van der Waals surface area contributed by atoms with E-state index in [1.165, 1.54) is 6.07 Å². The molecule has 7 heteroatoms. The minimum atomic E-state index is -3.58. The molecule has 0 heterocycles. The van der Waals surface area contributed by atoms with Crippen molar-refractivity contribution >= 4 is 21.4 Å². The Labute approximate surface area is 140 Å². The van der Waals surface area contributed by atoms with Gasteiger partial charge in [-0.2, -0.15) is 0 Å². The van der Waals surface area contributed by atoms with Crippen LogP contribution >= 0.6 is 0 Å². The molecule has 1 aromatic rings. The number of benzene rings is 1. The quantitative estimate of drug-likeness (QED) is 0.448. The normalized spacial score (nSPS) is 13.3. The molecule has 0 aliphatic carbocycles. The number of hydrogen-bond donors (Lipinski definition) is 3. The van der Waals surface area contributed by atoms with E-state index in [0.717, 1.165) is 25.9 Å². The van der Waals surface area contributed by atoms with Gasteiger partial charge in [-0.3, -0.25) is 0 Å². The van der Waals surface area contributed by atoms with Gasteiger partial charge in [0.25, 0.3) is 0 Å². The molecule has 0 spiro atoms. The lowest BCUT2D eigenvalue weighted by Gasteiger charge is -2.18. The Kier molecular flexibility index (Phi) is 7.81. The van der Waals surface area contributed by atoms with E-state index in [1.807, 2.05) is 20.9 Å². The van der Waals surface area contributed by atoms with Crippen LogP contribution in [0.1, 0.15) is 33.6 Å². The summed E-state index contributed by atoms with van der Waals surface area (Å²) in [5, 5.41) is 3.23. The van der Waals surface area contributed by atoms with E-state index in [2.05, 4.69) is 21.9 Å². The molecule has 0 amide bonds. The molecule has 0 aliphatic rings. The second-order valence-corrected chi connectivity index (χ2v) is 7.59. The standard InChI is InChI=1S/C16H30N4O2S/c1-5-13(3)19-15-9-8-14(17)12-16(15)23(21,22)18-10-7-11-20(4)6-2/h8-9,12-13,18-19H,5-7,10-11,17H2,1-4H3. The van der Waals surface area contributed by atoms with Crippen LogP contribution in [-0.4, -0.2) is 46.0 Å². The van der Waals surface area contributed by atoms with Crippen molar-refractivity contribution in [3.05, 3.63) is 18.2 Å². The van der Waals surface area contributed by atoms with Gasteiger partial charge < -0.3 is 16.0 Å². The molecule has 0 saturated carbocycles. The van der Waals surface area contributed by atoms with Crippen LogP contribution in [0.15, 0.2) is 23.1 Å². The van der Waals surface area contributed by atoms with Gasteiger partial charge in [-0.15, -0.1) is 0 Å². The molecule has 0 saturated heterocycles. The molecule has 0 aromatic heterocycles. The molecule has 1 rings (SSSR count). The molecule has 23 heavy (non-hydrogen) atoms. The third kappa shape index (κ3) is 6.37. The first-order chi connectivity index (χ1) is 10.8. The molecule has 1 unspecified atom stereocenters. The van der Waals surface area contributed by atoms with Crippen LogP contribution in [0, 0.1) is 0 Å². The van der Waals surface area contributed by atoms with Crippen LogP contribution < -0.4 is 15.8 Å². The molecular weight excluding hydrogens is 312 g/mol. The molecule has 0 fully saturated rings. The summed E-state index contributed by atoms with van der Waals surface area (Å²) in [5.74, 6) is 0. The Morgan fingerprint density at radius 3 is 2.61 bits per heavy atom. The van der Waals surface area contributed by atoms with Crippen LogP contribution in [-0.2, 0) is 10.0 Å². The van der Waals surface area contributed by atoms with Crippen LogP contribution in [0.25, 0.3) is 0 Å². The first kappa shape index (κ1) is 19.7. The van der Waals surface area contributed by atoms with E-state index < -0.39 is 10.0 Å². The van der Waals surface area contributed by atoms with Crippen molar-refractivity contribution in [2.24, 2.45) is 0 Å². The highest BCUT2D eigenvalue weighted by atomic mass is 32.2. The molecular formula is C16H30N4O2S. The SMILES string of the molecule is CCC(C)Nc1ccc(N)cc1S(=O)(=O)NCCCN(C)CC. The van der Waals surface area contributed by atoms with Crippen molar-refractivity contribution in [3.63, 3.8) is 0 Å². The highest BCUT2D eigenvalue weighted by molar-refractivity contribution is 7.89. The van der Waals surface area contributed by atoms with Gasteiger partial charge in [-0.25, -0.2) is 13.1 Å². The number of rotatable bonds is 10. The van der Waals surface area contributed by atoms with Gasteiger partial charge in [-0.05, 0) is 58.1 Å². The minimum Gasteiger partial charge on any atom is -0.399 e. The molecule has 0 aliphatic heterocycles. The van der Waals surface area contributed by atoms with Crippen LogP contribution in [0.2, 0.25) is 0 Å². The van der Waals surface area contributed by atoms with E-state index in [-0.39, 0.29) is 10.9 Å². The number of nitrogens with one attached hydrogen (secondary N) is 2. The maximum absolute atomic E-state index is 12.6. The van der Waals surface area contributed by atoms with E-state index in [1.54, 1.807) is 12.1 Å². The summed E-state index contributed by atoms with van der Waals surface area (Å²) >= 11 is 0. The second-order valence-electron chi connectivity index (χ2n) is 5.86. The molecule has 6 nitrogen and oxygen atoms in total. The number of anilines is 2. The molecule has 0 radical (unpaired) electrons. The largest absolute Gasteiger partial charge is 0.399 e. The number of sulfonamides is 1. The average molecular weight is 343 g/mol. The molecule has 4 N–H and O–H groups in total. The maximum Gasteiger partial charge on any atom is 0.242 e. The fraction of sp³-hybridized carbons (Fsp3) is 0.625. The predicted molar refractivity (Wildman–Crippen MR) is 97.2 cm³/mol. The van der Waals surface area contributed by atoms with Crippen LogP contribution in [0.4, 0.5) is 11.4 Å². The summed E-state index contributed by atoms with van der Waals surface area (Å²) in [6.45, 7) is 8.35. The van der Waals surface area contributed by atoms with Crippen molar-refractivity contribution in [3.8, 4) is 0 Å². The fourth-order valence-corrected chi connectivity index (χ4v) is 3.32. The lowest BCUT2D eigenvalue weighted by Crippen LogP contribution is -2.29. The monoisotopic (exact) mass is 342 g/mol. The summed E-state index contributed by atoms with van der Waals surface area (Å²) in [5.41, 5.74) is 6.80. The van der Waals surface area contributed by atoms with Crippen molar-refractivity contribution < 1.29 is 8.42 Å². The van der Waals surface area contributed by atoms with Crippen LogP contribution in [0.5, 0.6) is 0 Å². The van der Waals surface area contributed by atoms with E-state index in [9.17, 15) is 8.42 Å². The number of nitrogens with zero attached hydrogens (tertiary/aromatic N) is 1. The lowest BCUT2D eigenvalue weighted by atomic mass is 10.2. The van der Waals surface area contributed by atoms with Crippen molar-refractivity contribution in [2.45, 2.75) is 44.6 Å². The van der Waals surface area contributed by atoms with E-state index in [4.69, 9.17) is 5.73 Å². The van der Waals surface area contributed by atoms with E-state index >= 15 is 0 Å². The molecule has 0 bridgehead atoms. The zero-order valence-corrected chi connectivity index (χ0v) is 15.4. The topological polar surface area (TPSA) is 87.5 Å². The third-order valence-electron chi connectivity index (χ3n) is 3.86. The zero-order valence-electron chi connectivity index (χ0n) is 14.6. The van der Waals surface area contributed by atoms with E-state index in [0.29, 0.717) is 17.9 Å². The van der Waals surface area contributed by atoms with Gasteiger partial charge in [0.15, 0.2) is 0 Å². The summed E-state index contributed by atoms with van der Waals surface area (Å²) in [6, 6.07) is 5.12. The Morgan fingerprint density at radius 2 is 2.00 bits per heavy atom. The first-order valence-corrected chi connectivity index (χ1v) is 9.62. The Bertz CT molecular complexity index is 590. The molecule has 1 aromatic carbocycles. The predicted octanol–water partition coefficient (Wildman–Crippen LogP) is 2.10. The fourth-order valence-electron chi connectivity index (χ4n) is 2.04. The maximum atomic E-state index is 12.6. The third-order valence-corrected chi connectivity index (χ3v) is 5.36. The first-order valence-electron chi connectivity index (χ1n) is 8.14. The summed E-state index contributed by atoms with van der Waals surface area (Å²) in [4.78, 5) is 2.35. The van der Waals surface area contributed by atoms with Crippen molar-refractivity contribution in [1.29, 1.82) is 0 Å². The summed E-state index contributed by atoms with van der Waals surface area (Å²) in [6.07, 6.45) is 1.67. The van der Waals surface area contributed by atoms with Gasteiger partial charge in [0.2, 0.25) is 10.0 Å². The summed E-state index contributed by atoms with van der Waals surface area (Å²) < 4.78 is 27.8. The molecule has 132 valence electrons. The Balaban J connectivity index is 2.83. The molecule has 1 atom stereocenters. The van der Waals surface area contributed by atoms with Crippen molar-refractivity contribution in [1.82, 2.24) is 9.62 Å². The highest BCUT2D eigenvalue weighted by Crippen LogP contribution is 2.25. The second kappa shape index (κ2) is 9.10. The smallest absolute Gasteiger partial charge is 0.242 e. The van der Waals surface area contributed by atoms with Gasteiger partial charge in [0.1, 0.15) is 4.90 Å². The highest BCUT2D eigenvalue weighted by Gasteiger charge is 2.19. The Hall–Kier alpha value is -1.31. The zero-order chi connectivity index (χ0) is 17.5. The van der Waals surface area contributed by atoms with Gasteiger partial charge in [0, 0.05) is 18.3 Å². The number of nitrogens with two attached hydrogens (primary N) is 1. The average Bonchev–Trinajstić information content (AvgIpc) is 2.52. The van der Waals surface area contributed by atoms with Gasteiger partial charge in [-0.1, -0.05) is 13.8 Å². The number of nitrogen functional groups attached to an aromatic ring is 1. The van der Waals surface area contributed by atoms with Crippen LogP contribution in [0.3, 0.4) is 0 Å². The minimum absolute atomic E-state index is 0.186. The lowest BCUT2D eigenvalue weighted by molar-refractivity contribution is 0.347.